The predicted molar refractivity (Wildman–Crippen MR) is 148 cm³/mol. The van der Waals surface area contributed by atoms with E-state index in [2.05, 4.69) is 55.1 Å². The maximum atomic E-state index is 13.5. The molecule has 0 amide bonds. The summed E-state index contributed by atoms with van der Waals surface area (Å²) in [4.78, 5) is 26.9. The van der Waals surface area contributed by atoms with Crippen molar-refractivity contribution in [2.75, 3.05) is 0 Å². The third-order valence-corrected chi connectivity index (χ3v) is 9.75. The molecule has 5 heteroatoms. The van der Waals surface area contributed by atoms with Crippen molar-refractivity contribution in [2.45, 2.75) is 70.0 Å². The second-order valence-electron chi connectivity index (χ2n) is 11.8. The summed E-state index contributed by atoms with van der Waals surface area (Å²) >= 11 is 4.48. The summed E-state index contributed by atoms with van der Waals surface area (Å²) in [5, 5.41) is 4.66. The van der Waals surface area contributed by atoms with Crippen LogP contribution in [0.3, 0.4) is 0 Å². The van der Waals surface area contributed by atoms with Crippen LogP contribution >= 0.6 is 12.6 Å². The van der Waals surface area contributed by atoms with Gasteiger partial charge in [0.25, 0.3) is 0 Å². The first-order valence-electron chi connectivity index (χ1n) is 13.9. The average molecular weight is 517 g/mol. The van der Waals surface area contributed by atoms with Gasteiger partial charge in [-0.3, -0.25) is 9.59 Å². The molecule has 4 aliphatic rings. The molecule has 2 atom stereocenters. The van der Waals surface area contributed by atoms with E-state index in [1.54, 1.807) is 0 Å². The lowest BCUT2D eigenvalue weighted by Crippen LogP contribution is -2.56. The van der Waals surface area contributed by atoms with Crippen molar-refractivity contribution in [1.82, 2.24) is 0 Å². The van der Waals surface area contributed by atoms with Gasteiger partial charge in [0, 0.05) is 4.90 Å². The highest BCUT2D eigenvalue weighted by Crippen LogP contribution is 2.58. The number of carbonyl (C=O) groups excluding carboxylic acids is 2. The van der Waals surface area contributed by atoms with Gasteiger partial charge in [0.15, 0.2) is 0 Å². The number of ether oxygens (including phenoxy) is 2. The van der Waals surface area contributed by atoms with Gasteiger partial charge < -0.3 is 9.47 Å². The number of thiol groups is 1. The van der Waals surface area contributed by atoms with E-state index in [1.165, 1.54) is 10.8 Å². The standard InChI is InChI=1S/C32H36O4S/c1-4-17(2)31(33)36-30-26-12-24-13-27(30)15-25(14-26)29(24)32(34)35-18(3)19-5-6-20-10-21-7-8-28(37)16-23(21)11-22(20)9-19/h5-11,16-18,24-27,29-30,37H,4,12-15H2,1-3H3. The van der Waals surface area contributed by atoms with Crippen LogP contribution in [0.2, 0.25) is 0 Å². The molecule has 7 rings (SSSR count). The van der Waals surface area contributed by atoms with E-state index in [0.717, 1.165) is 53.3 Å². The van der Waals surface area contributed by atoms with Crippen LogP contribution in [0.4, 0.5) is 0 Å². The smallest absolute Gasteiger partial charge is 0.310 e. The first-order chi connectivity index (χ1) is 17.8. The van der Waals surface area contributed by atoms with Gasteiger partial charge in [-0.2, -0.15) is 0 Å². The second-order valence-corrected chi connectivity index (χ2v) is 12.3. The van der Waals surface area contributed by atoms with Crippen LogP contribution in [0.15, 0.2) is 53.4 Å². The monoisotopic (exact) mass is 516 g/mol. The molecular weight excluding hydrogens is 480 g/mol. The normalized spacial score (nSPS) is 29.8. The summed E-state index contributed by atoms with van der Waals surface area (Å²) in [6, 6.07) is 16.9. The fourth-order valence-electron chi connectivity index (χ4n) is 7.40. The van der Waals surface area contributed by atoms with Crippen molar-refractivity contribution in [3.63, 3.8) is 0 Å². The second kappa shape index (κ2) is 9.65. The molecule has 0 N–H and O–H groups in total. The number of rotatable bonds is 6. The van der Waals surface area contributed by atoms with Gasteiger partial charge in [0.05, 0.1) is 11.8 Å². The van der Waals surface area contributed by atoms with E-state index in [9.17, 15) is 9.59 Å². The number of hydrogen-bond acceptors (Lipinski definition) is 5. The highest BCUT2D eigenvalue weighted by molar-refractivity contribution is 7.80. The lowest BCUT2D eigenvalue weighted by atomic mass is 9.50. The van der Waals surface area contributed by atoms with Crippen LogP contribution in [0.25, 0.3) is 21.5 Å². The summed E-state index contributed by atoms with van der Waals surface area (Å²) in [5.41, 5.74) is 1.02. The molecule has 4 nitrogen and oxygen atoms in total. The van der Waals surface area contributed by atoms with E-state index >= 15 is 0 Å². The topological polar surface area (TPSA) is 52.6 Å². The molecule has 4 saturated carbocycles. The maximum Gasteiger partial charge on any atom is 0.310 e. The Morgan fingerprint density at radius 1 is 0.838 bits per heavy atom. The maximum absolute atomic E-state index is 13.5. The summed E-state index contributed by atoms with van der Waals surface area (Å²) in [7, 11) is 0. The Morgan fingerprint density at radius 3 is 2.08 bits per heavy atom. The molecule has 194 valence electrons. The van der Waals surface area contributed by atoms with Crippen molar-refractivity contribution < 1.29 is 19.1 Å². The fourth-order valence-corrected chi connectivity index (χ4v) is 7.62. The molecule has 0 heterocycles. The SMILES string of the molecule is CCC(C)C(=O)OC1C2CC3CC1CC(C2)C3C(=O)OC(C)c1ccc2cc3ccc(S)cc3cc2c1. The van der Waals surface area contributed by atoms with E-state index in [4.69, 9.17) is 9.47 Å². The molecule has 0 saturated heterocycles. The van der Waals surface area contributed by atoms with Crippen molar-refractivity contribution in [1.29, 1.82) is 0 Å². The van der Waals surface area contributed by atoms with E-state index < -0.39 is 0 Å². The van der Waals surface area contributed by atoms with Gasteiger partial charge in [-0.05, 0) is 120 Å². The first kappa shape index (κ1) is 24.8. The van der Waals surface area contributed by atoms with Crippen molar-refractivity contribution in [2.24, 2.45) is 35.5 Å². The van der Waals surface area contributed by atoms with Gasteiger partial charge in [-0.15, -0.1) is 12.6 Å². The van der Waals surface area contributed by atoms with E-state index in [1.807, 2.05) is 26.8 Å². The van der Waals surface area contributed by atoms with Crippen LogP contribution in [-0.4, -0.2) is 18.0 Å². The Balaban J connectivity index is 1.14. The number of carbonyl (C=O) groups is 2. The number of esters is 2. The van der Waals surface area contributed by atoms with Crippen molar-refractivity contribution in [3.8, 4) is 0 Å². The zero-order chi connectivity index (χ0) is 25.8. The molecule has 4 fully saturated rings. The molecular formula is C32H36O4S. The van der Waals surface area contributed by atoms with Gasteiger partial charge in [-0.1, -0.05) is 32.0 Å². The molecule has 4 aliphatic carbocycles. The van der Waals surface area contributed by atoms with E-state index in [0.29, 0.717) is 23.7 Å². The minimum Gasteiger partial charge on any atom is -0.462 e. The highest BCUT2D eigenvalue weighted by atomic mass is 32.1. The quantitative estimate of drug-likeness (QED) is 0.209. The van der Waals surface area contributed by atoms with Gasteiger partial charge in [0.1, 0.15) is 12.2 Å². The molecule has 0 spiro atoms. The van der Waals surface area contributed by atoms with E-state index in [-0.39, 0.29) is 36.0 Å². The molecule has 0 radical (unpaired) electrons. The van der Waals surface area contributed by atoms with Crippen LogP contribution in [-0.2, 0) is 19.1 Å². The van der Waals surface area contributed by atoms with Gasteiger partial charge in [0.2, 0.25) is 0 Å². The third kappa shape index (κ3) is 4.54. The van der Waals surface area contributed by atoms with Crippen molar-refractivity contribution >= 4 is 46.1 Å². The third-order valence-electron chi connectivity index (χ3n) is 9.47. The molecule has 0 aliphatic heterocycles. The average Bonchev–Trinajstić information content (AvgIpc) is 2.87. The fraction of sp³-hybridized carbons (Fsp3) is 0.500. The lowest BCUT2D eigenvalue weighted by molar-refractivity contribution is -0.191. The minimum absolute atomic E-state index is 0.0284. The Bertz CT molecular complexity index is 1330. The molecule has 0 aromatic heterocycles. The summed E-state index contributed by atoms with van der Waals surface area (Å²) in [5.74, 6) is 1.30. The largest absolute Gasteiger partial charge is 0.462 e. The Kier molecular flexibility index (Phi) is 6.46. The Hall–Kier alpha value is -2.53. The molecule has 37 heavy (non-hydrogen) atoms. The molecule has 2 unspecified atom stereocenters. The first-order valence-corrected chi connectivity index (χ1v) is 14.3. The zero-order valence-electron chi connectivity index (χ0n) is 21.9. The number of fused-ring (bicyclic) bond motifs is 2. The number of hydrogen-bond donors (Lipinski definition) is 1. The molecule has 4 bridgehead atoms. The Morgan fingerprint density at radius 2 is 1.43 bits per heavy atom. The van der Waals surface area contributed by atoms with Crippen LogP contribution in [0.1, 0.15) is 64.5 Å². The van der Waals surface area contributed by atoms with Crippen molar-refractivity contribution in [3.05, 3.63) is 54.1 Å². The van der Waals surface area contributed by atoms with Crippen LogP contribution in [0, 0.1) is 35.5 Å². The number of benzene rings is 3. The summed E-state index contributed by atoms with van der Waals surface area (Å²) < 4.78 is 12.1. The lowest BCUT2D eigenvalue weighted by Gasteiger charge is -2.56. The van der Waals surface area contributed by atoms with Crippen LogP contribution < -0.4 is 0 Å². The van der Waals surface area contributed by atoms with Gasteiger partial charge >= 0.3 is 11.9 Å². The highest BCUT2D eigenvalue weighted by Gasteiger charge is 2.57. The Labute approximate surface area is 224 Å². The zero-order valence-corrected chi connectivity index (χ0v) is 22.7. The summed E-state index contributed by atoms with van der Waals surface area (Å²) in [6.07, 6.45) is 4.42. The molecule has 3 aromatic carbocycles. The summed E-state index contributed by atoms with van der Waals surface area (Å²) in [6.45, 7) is 5.95. The minimum atomic E-state index is -0.301. The predicted octanol–water partition coefficient (Wildman–Crippen LogP) is 7.53. The van der Waals surface area contributed by atoms with Crippen LogP contribution in [0.5, 0.6) is 0 Å². The molecule has 3 aromatic rings. The van der Waals surface area contributed by atoms with Gasteiger partial charge in [-0.25, -0.2) is 0 Å².